The topological polar surface area (TPSA) is 42.2 Å². The van der Waals surface area contributed by atoms with Gasteiger partial charge in [-0.1, -0.05) is 41.9 Å². The highest BCUT2D eigenvalue weighted by Gasteiger charge is 2.09. The minimum absolute atomic E-state index is 0.0347. The van der Waals surface area contributed by atoms with Crippen molar-refractivity contribution in [1.29, 1.82) is 0 Å². The Bertz CT molecular complexity index is 1090. The van der Waals surface area contributed by atoms with Crippen LogP contribution in [0.4, 0.5) is 5.69 Å². The number of thioether (sulfide) groups is 1. The van der Waals surface area contributed by atoms with Crippen molar-refractivity contribution in [1.82, 2.24) is 0 Å². The maximum absolute atomic E-state index is 12.2. The summed E-state index contributed by atoms with van der Waals surface area (Å²) in [6.45, 7) is 0. The number of anilines is 1. The highest BCUT2D eigenvalue weighted by molar-refractivity contribution is 7.99. The number of rotatable bonds is 5. The Morgan fingerprint density at radius 1 is 0.962 bits per heavy atom. The summed E-state index contributed by atoms with van der Waals surface area (Å²) in [6, 6.07) is 21.4. The first-order chi connectivity index (χ1) is 12.7. The highest BCUT2D eigenvalue weighted by Crippen LogP contribution is 2.30. The van der Waals surface area contributed by atoms with Gasteiger partial charge in [0.05, 0.1) is 5.75 Å². The number of nitrogens with one attached hydrogen (secondary N) is 1. The molecular formula is C21H16ClNO2S. The number of furan rings is 1. The van der Waals surface area contributed by atoms with E-state index in [0.717, 1.165) is 38.9 Å². The van der Waals surface area contributed by atoms with Gasteiger partial charge in [-0.05, 0) is 35.9 Å². The van der Waals surface area contributed by atoms with Crippen LogP contribution in [0, 0.1) is 0 Å². The van der Waals surface area contributed by atoms with E-state index in [1.165, 1.54) is 0 Å². The van der Waals surface area contributed by atoms with Crippen LogP contribution in [0.15, 0.2) is 71.1 Å². The summed E-state index contributed by atoms with van der Waals surface area (Å²) in [7, 11) is 0. The molecule has 0 radical (unpaired) electrons. The van der Waals surface area contributed by atoms with Crippen LogP contribution >= 0.6 is 23.4 Å². The first-order valence-electron chi connectivity index (χ1n) is 8.22. The molecule has 1 heterocycles. The number of para-hydroxylation sites is 1. The van der Waals surface area contributed by atoms with E-state index in [1.807, 2.05) is 66.7 Å². The Labute approximate surface area is 160 Å². The average molecular weight is 382 g/mol. The van der Waals surface area contributed by atoms with Gasteiger partial charge in [0.25, 0.3) is 0 Å². The number of benzene rings is 3. The van der Waals surface area contributed by atoms with Gasteiger partial charge in [0, 0.05) is 33.3 Å². The second-order valence-electron chi connectivity index (χ2n) is 5.98. The van der Waals surface area contributed by atoms with Gasteiger partial charge in [-0.15, -0.1) is 11.8 Å². The van der Waals surface area contributed by atoms with E-state index in [-0.39, 0.29) is 5.91 Å². The monoisotopic (exact) mass is 381 g/mol. The normalized spacial score (nSPS) is 11.1. The molecular weight excluding hydrogens is 366 g/mol. The van der Waals surface area contributed by atoms with Crippen molar-refractivity contribution in [2.45, 2.75) is 5.75 Å². The molecule has 0 unspecified atom stereocenters. The average Bonchev–Trinajstić information content (AvgIpc) is 2.99. The third-order valence-corrected chi connectivity index (χ3v) is 5.29. The summed E-state index contributed by atoms with van der Waals surface area (Å²) >= 11 is 7.53. The number of fused-ring (bicyclic) bond motifs is 3. The van der Waals surface area contributed by atoms with Gasteiger partial charge in [-0.2, -0.15) is 0 Å². The quantitative estimate of drug-likeness (QED) is 0.453. The van der Waals surface area contributed by atoms with Crippen LogP contribution in [0.3, 0.4) is 0 Å². The molecule has 0 aliphatic heterocycles. The van der Waals surface area contributed by atoms with E-state index in [4.69, 9.17) is 16.0 Å². The van der Waals surface area contributed by atoms with Crippen molar-refractivity contribution in [2.24, 2.45) is 0 Å². The van der Waals surface area contributed by atoms with Crippen LogP contribution < -0.4 is 5.32 Å². The molecule has 3 aromatic carbocycles. The Balaban J connectivity index is 1.40. The van der Waals surface area contributed by atoms with E-state index in [2.05, 4.69) is 5.32 Å². The van der Waals surface area contributed by atoms with Crippen molar-refractivity contribution < 1.29 is 9.21 Å². The molecule has 3 nitrogen and oxygen atoms in total. The lowest BCUT2D eigenvalue weighted by Crippen LogP contribution is -2.14. The fourth-order valence-corrected chi connectivity index (χ4v) is 3.88. The largest absolute Gasteiger partial charge is 0.456 e. The Morgan fingerprint density at radius 2 is 1.81 bits per heavy atom. The predicted molar refractivity (Wildman–Crippen MR) is 110 cm³/mol. The number of carbonyl (C=O) groups excluding carboxylic acids is 1. The zero-order chi connectivity index (χ0) is 17.9. The molecule has 4 aromatic rings. The smallest absolute Gasteiger partial charge is 0.234 e. The molecule has 0 aliphatic carbocycles. The van der Waals surface area contributed by atoms with Crippen molar-refractivity contribution in [2.75, 3.05) is 11.1 Å². The van der Waals surface area contributed by atoms with Gasteiger partial charge >= 0.3 is 0 Å². The van der Waals surface area contributed by atoms with Crippen molar-refractivity contribution >= 4 is 56.9 Å². The molecule has 0 saturated carbocycles. The Hall–Kier alpha value is -2.43. The number of halogens is 1. The summed E-state index contributed by atoms with van der Waals surface area (Å²) in [5, 5.41) is 5.78. The summed E-state index contributed by atoms with van der Waals surface area (Å²) in [4.78, 5) is 12.2. The third-order valence-electron chi connectivity index (χ3n) is 4.05. The SMILES string of the molecule is O=C(CSCc1cccc(Cl)c1)Nc1ccc2c(c1)oc1ccccc12. The molecule has 0 saturated heterocycles. The van der Waals surface area contributed by atoms with E-state index >= 15 is 0 Å². The van der Waals surface area contributed by atoms with Gasteiger partial charge in [-0.3, -0.25) is 4.79 Å². The molecule has 1 amide bonds. The van der Waals surface area contributed by atoms with Gasteiger partial charge in [-0.25, -0.2) is 0 Å². The zero-order valence-corrected chi connectivity index (χ0v) is 15.4. The van der Waals surface area contributed by atoms with E-state index in [9.17, 15) is 4.79 Å². The fourth-order valence-electron chi connectivity index (χ4n) is 2.89. The molecule has 0 fully saturated rings. The molecule has 0 bridgehead atoms. The van der Waals surface area contributed by atoms with Gasteiger partial charge in [0.15, 0.2) is 0 Å². The van der Waals surface area contributed by atoms with Crippen LogP contribution in [-0.2, 0) is 10.5 Å². The van der Waals surface area contributed by atoms with Crippen LogP contribution in [0.5, 0.6) is 0 Å². The molecule has 4 rings (SSSR count). The summed E-state index contributed by atoms with van der Waals surface area (Å²) in [5.41, 5.74) is 3.47. The van der Waals surface area contributed by atoms with Crippen molar-refractivity contribution in [3.05, 3.63) is 77.3 Å². The second-order valence-corrected chi connectivity index (χ2v) is 7.40. The van der Waals surface area contributed by atoms with Gasteiger partial charge in [0.1, 0.15) is 11.2 Å². The minimum Gasteiger partial charge on any atom is -0.456 e. The summed E-state index contributed by atoms with van der Waals surface area (Å²) < 4.78 is 5.86. The van der Waals surface area contributed by atoms with Crippen LogP contribution in [0.2, 0.25) is 5.02 Å². The van der Waals surface area contributed by atoms with Crippen molar-refractivity contribution in [3.63, 3.8) is 0 Å². The van der Waals surface area contributed by atoms with E-state index in [1.54, 1.807) is 11.8 Å². The number of hydrogen-bond donors (Lipinski definition) is 1. The molecule has 1 aromatic heterocycles. The lowest BCUT2D eigenvalue weighted by atomic mass is 10.1. The van der Waals surface area contributed by atoms with Gasteiger partial charge in [0.2, 0.25) is 5.91 Å². The van der Waals surface area contributed by atoms with E-state index in [0.29, 0.717) is 10.8 Å². The summed E-state index contributed by atoms with van der Waals surface area (Å²) in [5.74, 6) is 1.09. The first-order valence-corrected chi connectivity index (χ1v) is 9.76. The predicted octanol–water partition coefficient (Wildman–Crippen LogP) is 6.11. The number of amides is 1. The zero-order valence-electron chi connectivity index (χ0n) is 13.9. The molecule has 0 aliphatic rings. The lowest BCUT2D eigenvalue weighted by Gasteiger charge is -2.05. The molecule has 0 spiro atoms. The molecule has 0 atom stereocenters. The van der Waals surface area contributed by atoms with Crippen LogP contribution in [0.25, 0.3) is 21.9 Å². The minimum atomic E-state index is -0.0347. The molecule has 1 N–H and O–H groups in total. The Kier molecular flexibility index (Phi) is 4.87. The van der Waals surface area contributed by atoms with Gasteiger partial charge < -0.3 is 9.73 Å². The maximum Gasteiger partial charge on any atom is 0.234 e. The second kappa shape index (κ2) is 7.44. The maximum atomic E-state index is 12.2. The van der Waals surface area contributed by atoms with Crippen LogP contribution in [0.1, 0.15) is 5.56 Å². The lowest BCUT2D eigenvalue weighted by molar-refractivity contribution is -0.113. The van der Waals surface area contributed by atoms with E-state index < -0.39 is 0 Å². The molecule has 26 heavy (non-hydrogen) atoms. The number of carbonyl (C=O) groups is 1. The third kappa shape index (κ3) is 3.71. The van der Waals surface area contributed by atoms with Crippen molar-refractivity contribution in [3.8, 4) is 0 Å². The highest BCUT2D eigenvalue weighted by atomic mass is 35.5. The molecule has 5 heteroatoms. The summed E-state index contributed by atoms with van der Waals surface area (Å²) in [6.07, 6.45) is 0. The standard InChI is InChI=1S/C21H16ClNO2S/c22-15-5-3-4-14(10-15)12-26-13-21(24)23-16-8-9-18-17-6-1-2-7-19(17)25-20(18)11-16/h1-11H,12-13H2,(H,23,24). The number of hydrogen-bond acceptors (Lipinski definition) is 3. The Morgan fingerprint density at radius 3 is 2.69 bits per heavy atom. The van der Waals surface area contributed by atoms with Crippen LogP contribution in [-0.4, -0.2) is 11.7 Å². The molecule has 130 valence electrons. The fraction of sp³-hybridized carbons (Fsp3) is 0.0952. The first kappa shape index (κ1) is 17.0.